The van der Waals surface area contributed by atoms with Gasteiger partial charge in [0, 0.05) is 11.3 Å². The van der Waals surface area contributed by atoms with Crippen LogP contribution < -0.4 is 11.1 Å². The standard InChI is InChI=1S/C14H9ClF2N4S/c15-9-5-7(1-2-10(9)17)19-13(22)8-3-6(16)4-11-12(8)21-14(18)20-11/h1-5H,(H,19,22)(H3,18,20,21). The van der Waals surface area contributed by atoms with Gasteiger partial charge in [-0.15, -0.1) is 0 Å². The normalized spacial score (nSPS) is 10.9. The molecule has 112 valence electrons. The van der Waals surface area contributed by atoms with E-state index in [-0.39, 0.29) is 16.0 Å². The Kier molecular flexibility index (Phi) is 3.67. The number of H-pyrrole nitrogens is 1. The van der Waals surface area contributed by atoms with Crippen LogP contribution in [0.5, 0.6) is 0 Å². The molecule has 0 aliphatic rings. The van der Waals surface area contributed by atoms with Gasteiger partial charge in [-0.05, 0) is 30.3 Å². The van der Waals surface area contributed by atoms with Gasteiger partial charge in [0.2, 0.25) is 0 Å². The van der Waals surface area contributed by atoms with Crippen molar-refractivity contribution in [1.29, 1.82) is 0 Å². The zero-order valence-corrected chi connectivity index (χ0v) is 12.5. The topological polar surface area (TPSA) is 66.7 Å². The second kappa shape index (κ2) is 5.51. The van der Waals surface area contributed by atoms with E-state index in [1.54, 1.807) is 0 Å². The molecule has 0 spiro atoms. The first-order valence-corrected chi connectivity index (χ1v) is 6.94. The molecular weight excluding hydrogens is 330 g/mol. The van der Waals surface area contributed by atoms with Crippen LogP contribution >= 0.6 is 23.8 Å². The van der Waals surface area contributed by atoms with Crippen molar-refractivity contribution in [3.8, 4) is 0 Å². The Morgan fingerprint density at radius 2 is 2.05 bits per heavy atom. The number of nitrogens with zero attached hydrogens (tertiary/aromatic N) is 1. The van der Waals surface area contributed by atoms with E-state index in [0.717, 1.165) is 0 Å². The van der Waals surface area contributed by atoms with Gasteiger partial charge in [0.05, 0.1) is 10.5 Å². The third-order valence-corrected chi connectivity index (χ3v) is 3.60. The lowest BCUT2D eigenvalue weighted by atomic mass is 10.1. The van der Waals surface area contributed by atoms with Crippen molar-refractivity contribution < 1.29 is 8.78 Å². The maximum atomic E-state index is 13.7. The summed E-state index contributed by atoms with van der Waals surface area (Å²) in [4.78, 5) is 7.06. The highest BCUT2D eigenvalue weighted by molar-refractivity contribution is 7.81. The lowest BCUT2D eigenvalue weighted by Gasteiger charge is -2.09. The fraction of sp³-hybridized carbons (Fsp3) is 0. The van der Waals surface area contributed by atoms with Crippen LogP contribution in [0, 0.1) is 11.6 Å². The van der Waals surface area contributed by atoms with Crippen LogP contribution in [0.3, 0.4) is 0 Å². The molecule has 3 rings (SSSR count). The Balaban J connectivity index is 1.99. The van der Waals surface area contributed by atoms with Gasteiger partial charge in [0.25, 0.3) is 0 Å². The largest absolute Gasteiger partial charge is 0.369 e. The number of nitrogens with two attached hydrogens (primary N) is 1. The van der Waals surface area contributed by atoms with Gasteiger partial charge in [-0.3, -0.25) is 0 Å². The Morgan fingerprint density at radius 1 is 1.27 bits per heavy atom. The van der Waals surface area contributed by atoms with E-state index in [1.165, 1.54) is 30.3 Å². The minimum atomic E-state index is -0.536. The highest BCUT2D eigenvalue weighted by Crippen LogP contribution is 2.23. The first-order chi connectivity index (χ1) is 10.4. The van der Waals surface area contributed by atoms with Crippen molar-refractivity contribution in [3.63, 3.8) is 0 Å². The second-order valence-corrected chi connectivity index (χ2v) is 5.37. The van der Waals surface area contributed by atoms with Gasteiger partial charge >= 0.3 is 0 Å². The summed E-state index contributed by atoms with van der Waals surface area (Å²) in [7, 11) is 0. The summed E-state index contributed by atoms with van der Waals surface area (Å²) in [6, 6.07) is 6.60. The molecule has 2 aromatic carbocycles. The highest BCUT2D eigenvalue weighted by atomic mass is 35.5. The van der Waals surface area contributed by atoms with Gasteiger partial charge in [0.15, 0.2) is 5.95 Å². The second-order valence-electron chi connectivity index (χ2n) is 4.55. The van der Waals surface area contributed by atoms with Gasteiger partial charge < -0.3 is 16.0 Å². The molecule has 0 fully saturated rings. The first kappa shape index (κ1) is 14.7. The fourth-order valence-corrected chi connectivity index (χ4v) is 2.50. The number of hydrogen-bond acceptors (Lipinski definition) is 3. The van der Waals surface area contributed by atoms with Crippen LogP contribution in [0.15, 0.2) is 30.3 Å². The maximum Gasteiger partial charge on any atom is 0.198 e. The van der Waals surface area contributed by atoms with E-state index in [0.29, 0.717) is 22.3 Å². The molecule has 0 saturated carbocycles. The zero-order valence-electron chi connectivity index (χ0n) is 11.0. The summed E-state index contributed by atoms with van der Waals surface area (Å²) in [5, 5.41) is 2.83. The van der Waals surface area contributed by atoms with Crippen LogP contribution in [-0.4, -0.2) is 15.0 Å². The molecule has 0 radical (unpaired) electrons. The van der Waals surface area contributed by atoms with E-state index >= 15 is 0 Å². The first-order valence-electron chi connectivity index (χ1n) is 6.15. The Hall–Kier alpha value is -2.25. The number of anilines is 2. The van der Waals surface area contributed by atoms with Crippen LogP contribution in [0.2, 0.25) is 5.02 Å². The average Bonchev–Trinajstić information content (AvgIpc) is 2.82. The van der Waals surface area contributed by atoms with Crippen molar-refractivity contribution >= 4 is 51.5 Å². The molecule has 0 bridgehead atoms. The molecule has 0 aliphatic heterocycles. The smallest absolute Gasteiger partial charge is 0.198 e. The Bertz CT molecular complexity index is 894. The number of benzene rings is 2. The zero-order chi connectivity index (χ0) is 15.9. The third kappa shape index (κ3) is 2.72. The summed E-state index contributed by atoms with van der Waals surface area (Å²) in [5.74, 6) is -0.853. The Morgan fingerprint density at radius 3 is 2.77 bits per heavy atom. The van der Waals surface area contributed by atoms with Crippen molar-refractivity contribution in [1.82, 2.24) is 9.97 Å². The lowest BCUT2D eigenvalue weighted by Crippen LogP contribution is -2.11. The summed E-state index contributed by atoms with van der Waals surface area (Å²) in [5.41, 5.74) is 7.33. The lowest BCUT2D eigenvalue weighted by molar-refractivity contribution is 0.628. The number of fused-ring (bicyclic) bond motifs is 1. The number of nitrogens with one attached hydrogen (secondary N) is 2. The number of nitrogen functional groups attached to an aromatic ring is 1. The number of rotatable bonds is 2. The van der Waals surface area contributed by atoms with Gasteiger partial charge in [0.1, 0.15) is 22.1 Å². The minimum Gasteiger partial charge on any atom is -0.369 e. The molecule has 3 aromatic rings. The molecule has 0 saturated heterocycles. The fourth-order valence-electron chi connectivity index (χ4n) is 2.05. The summed E-state index contributed by atoms with van der Waals surface area (Å²) in [6.45, 7) is 0. The molecule has 1 aromatic heterocycles. The molecule has 8 heteroatoms. The number of thiocarbonyl (C=S) groups is 1. The SMILES string of the molecule is Nc1nc2c(C(=S)Nc3ccc(F)c(Cl)c3)cc(F)cc2[nH]1. The number of aromatic nitrogens is 2. The van der Waals surface area contributed by atoms with Gasteiger partial charge in [-0.1, -0.05) is 23.8 Å². The van der Waals surface area contributed by atoms with Crippen molar-refractivity contribution in [2.45, 2.75) is 0 Å². The monoisotopic (exact) mass is 338 g/mol. The summed E-state index contributed by atoms with van der Waals surface area (Å²) < 4.78 is 26.8. The third-order valence-electron chi connectivity index (χ3n) is 2.99. The highest BCUT2D eigenvalue weighted by Gasteiger charge is 2.13. The van der Waals surface area contributed by atoms with E-state index in [4.69, 9.17) is 29.6 Å². The molecule has 0 aliphatic carbocycles. The molecule has 4 nitrogen and oxygen atoms in total. The predicted octanol–water partition coefficient (Wildman–Crippen LogP) is 3.86. The van der Waals surface area contributed by atoms with Crippen molar-refractivity contribution in [2.75, 3.05) is 11.1 Å². The minimum absolute atomic E-state index is 0.0406. The molecule has 0 amide bonds. The van der Waals surface area contributed by atoms with E-state index < -0.39 is 11.6 Å². The number of halogens is 3. The van der Waals surface area contributed by atoms with E-state index in [9.17, 15) is 8.78 Å². The van der Waals surface area contributed by atoms with Crippen molar-refractivity contribution in [2.24, 2.45) is 0 Å². The molecular formula is C14H9ClF2N4S. The van der Waals surface area contributed by atoms with Crippen LogP contribution in [0.4, 0.5) is 20.4 Å². The number of hydrogen-bond donors (Lipinski definition) is 3. The van der Waals surface area contributed by atoms with Crippen LogP contribution in [0.1, 0.15) is 5.56 Å². The molecule has 22 heavy (non-hydrogen) atoms. The maximum absolute atomic E-state index is 13.7. The summed E-state index contributed by atoms with van der Waals surface area (Å²) in [6.07, 6.45) is 0. The summed E-state index contributed by atoms with van der Waals surface area (Å²) >= 11 is 11.0. The van der Waals surface area contributed by atoms with E-state index in [2.05, 4.69) is 15.3 Å². The molecule has 4 N–H and O–H groups in total. The molecule has 1 heterocycles. The number of aromatic amines is 1. The molecule has 0 unspecified atom stereocenters. The van der Waals surface area contributed by atoms with Crippen molar-refractivity contribution in [3.05, 3.63) is 52.6 Å². The van der Waals surface area contributed by atoms with Gasteiger partial charge in [-0.25, -0.2) is 13.8 Å². The molecule has 0 atom stereocenters. The quantitative estimate of drug-likeness (QED) is 0.621. The Labute approximate surface area is 134 Å². The van der Waals surface area contributed by atoms with E-state index in [1.807, 2.05) is 0 Å². The predicted molar refractivity (Wildman–Crippen MR) is 87.2 cm³/mol. The number of imidazole rings is 1. The van der Waals surface area contributed by atoms with Gasteiger partial charge in [-0.2, -0.15) is 0 Å². The van der Waals surface area contributed by atoms with Crippen LogP contribution in [0.25, 0.3) is 11.0 Å². The van der Waals surface area contributed by atoms with Crippen LogP contribution in [-0.2, 0) is 0 Å². The average molecular weight is 339 g/mol.